The van der Waals surface area contributed by atoms with Gasteiger partial charge in [0.15, 0.2) is 11.6 Å². The number of ether oxygens (including phenoxy) is 4. The zero-order valence-electron chi connectivity index (χ0n) is 50.2. The highest BCUT2D eigenvalue weighted by Gasteiger charge is 2.35. The van der Waals surface area contributed by atoms with Gasteiger partial charge in [0.1, 0.15) is 13.2 Å². The van der Waals surface area contributed by atoms with Crippen LogP contribution in [-0.4, -0.2) is 217 Å². The second kappa shape index (κ2) is 41.6. The number of nitrogens with zero attached hydrogens (tertiary/aromatic N) is 6. The van der Waals surface area contributed by atoms with E-state index >= 15 is 0 Å². The first-order valence-electron chi connectivity index (χ1n) is 28.0. The lowest BCUT2D eigenvalue weighted by Gasteiger charge is -2.34. The molecule has 0 saturated carbocycles. The number of aromatic carboxylic acids is 1. The molecule has 5 aromatic rings. The number of esters is 2. The molecule has 3 aliphatic rings. The van der Waals surface area contributed by atoms with Crippen molar-refractivity contribution in [2.75, 3.05) is 153 Å². The number of rotatable bonds is 21. The van der Waals surface area contributed by atoms with Gasteiger partial charge >= 0.3 is 17.9 Å². The maximum absolute atomic E-state index is 14.2. The van der Waals surface area contributed by atoms with Crippen LogP contribution in [-0.2, 0) is 38.1 Å². The van der Waals surface area contributed by atoms with Crippen molar-refractivity contribution in [3.05, 3.63) is 178 Å². The number of Topliss-reactive ketones (excluding diaryl/α,β-unsaturated/α-hetero) is 2. The topological polar surface area (TPSA) is 174 Å². The number of carboxylic acids is 1. The molecule has 87 heavy (non-hydrogen) atoms. The summed E-state index contributed by atoms with van der Waals surface area (Å²) in [6.45, 7) is 13.3. The molecule has 3 aliphatic heterocycles. The predicted octanol–water partition coefficient (Wildman–Crippen LogP) is 10.9. The first-order chi connectivity index (χ1) is 41.6. The highest BCUT2D eigenvalue weighted by atomic mass is 80.9. The molecule has 0 aliphatic carbocycles. The number of carbonyl (C=O) groups excluding carboxylic acids is 4. The van der Waals surface area contributed by atoms with Crippen LogP contribution in [0, 0.1) is 0 Å². The predicted molar refractivity (Wildman–Crippen MR) is 340 cm³/mol. The van der Waals surface area contributed by atoms with Gasteiger partial charge in [-0.2, -0.15) is 13.1 Å². The first kappa shape index (κ1) is 75.7. The quantitative estimate of drug-likeness (QED) is 0.0403. The lowest BCUT2D eigenvalue weighted by molar-refractivity contribution is -0.0459. The average Bonchev–Trinajstić information content (AvgIpc) is 3.51. The van der Waals surface area contributed by atoms with E-state index in [4.69, 9.17) is 14.6 Å². The van der Waals surface area contributed by atoms with Crippen molar-refractivity contribution in [3.63, 3.8) is 0 Å². The summed E-state index contributed by atoms with van der Waals surface area (Å²) in [7, 11) is 8.97. The Morgan fingerprint density at radius 2 is 0.943 bits per heavy atom. The number of alkyl halides is 2. The van der Waals surface area contributed by atoms with E-state index in [0.717, 1.165) is 63.5 Å². The van der Waals surface area contributed by atoms with Crippen molar-refractivity contribution in [1.29, 1.82) is 0 Å². The van der Waals surface area contributed by atoms with E-state index in [-0.39, 0.29) is 82.1 Å². The minimum atomic E-state index is -5.14. The third-order valence-corrected chi connectivity index (χ3v) is 14.6. The van der Waals surface area contributed by atoms with Crippen molar-refractivity contribution >= 4 is 69.1 Å². The van der Waals surface area contributed by atoms with E-state index < -0.39 is 23.3 Å². The number of likely N-dealkylation sites (N-methyl/N-ethyl adjacent to an activating group) is 3. The monoisotopic (exact) mass is 1370 g/mol. The van der Waals surface area contributed by atoms with Crippen LogP contribution in [0.4, 0.5) is 20.4 Å². The zero-order chi connectivity index (χ0) is 64.2. The molecule has 8 rings (SSSR count). The summed E-state index contributed by atoms with van der Waals surface area (Å²) in [6.07, 6.45) is 0. The van der Waals surface area contributed by atoms with E-state index in [1.807, 2.05) is 67.7 Å². The van der Waals surface area contributed by atoms with Crippen LogP contribution in [0.3, 0.4) is 0 Å². The fraction of sp³-hybridized carbons (Fsp3) is 0.435. The highest BCUT2D eigenvalue weighted by Crippen LogP contribution is 2.56. The molecule has 3 fully saturated rings. The second-order valence-corrected chi connectivity index (χ2v) is 21.6. The van der Waals surface area contributed by atoms with Crippen LogP contribution in [0.1, 0.15) is 76.8 Å². The van der Waals surface area contributed by atoms with E-state index in [9.17, 15) is 44.4 Å². The average molecular weight is 1370 g/mol. The van der Waals surface area contributed by atoms with E-state index in [0.29, 0.717) is 46.2 Å². The van der Waals surface area contributed by atoms with Gasteiger partial charge in [0.05, 0.1) is 43.0 Å². The molecule has 25 heteroatoms. The van der Waals surface area contributed by atoms with E-state index in [1.165, 1.54) is 58.5 Å². The fourth-order valence-corrected chi connectivity index (χ4v) is 8.83. The number of piperazine rings is 3. The molecular weight excluding hydrogens is 1290 g/mol. The lowest BCUT2D eigenvalue weighted by Crippen LogP contribution is -2.47. The molecule has 3 saturated heterocycles. The molecule has 0 aromatic heterocycles. The van der Waals surface area contributed by atoms with Crippen LogP contribution >= 0.6 is 39.6 Å². The van der Waals surface area contributed by atoms with Crippen LogP contribution < -0.4 is 5.32 Å². The summed E-state index contributed by atoms with van der Waals surface area (Å²) < 4.78 is 85.2. The molecule has 5 aromatic carbocycles. The molecule has 0 radical (unpaired) electrons. The number of hydrogen-bond acceptors (Lipinski definition) is 16. The Morgan fingerprint density at radius 1 is 0.563 bits per heavy atom. The van der Waals surface area contributed by atoms with E-state index in [1.54, 1.807) is 53.4 Å². The molecule has 3 heterocycles. The largest absolute Gasteiger partial charge is 0.478 e. The maximum atomic E-state index is 14.2. The number of carboxylic acid groups (broad SMARTS) is 1. The summed E-state index contributed by atoms with van der Waals surface area (Å²) >= 11 is 0.364. The molecule has 0 amide bonds. The Labute approximate surface area is 527 Å². The normalized spacial score (nSPS) is 15.1. The Hall–Kier alpha value is -5.55. The molecule has 0 spiro atoms. The second-order valence-electron chi connectivity index (χ2n) is 20.4. The summed E-state index contributed by atoms with van der Waals surface area (Å²) in [4.78, 5) is 68.8. The van der Waals surface area contributed by atoms with Gasteiger partial charge in [0, 0.05) is 152 Å². The van der Waals surface area contributed by atoms with Crippen molar-refractivity contribution in [2.24, 2.45) is 0 Å². The fourth-order valence-electron chi connectivity index (χ4n) is 8.26. The van der Waals surface area contributed by atoms with Crippen molar-refractivity contribution in [2.45, 2.75) is 26.1 Å². The van der Waals surface area contributed by atoms with Crippen molar-refractivity contribution in [3.8, 4) is 0 Å². The van der Waals surface area contributed by atoms with Gasteiger partial charge in [-0.15, -0.1) is 11.7 Å². The Morgan fingerprint density at radius 3 is 1.31 bits per heavy atom. The molecular formula is C62H84Br2F5N7O10S. The Kier molecular flexibility index (Phi) is 36.2. The number of nitrogens with one attached hydrogen (secondary N) is 1. The van der Waals surface area contributed by atoms with Gasteiger partial charge < -0.3 is 44.1 Å². The lowest BCUT2D eigenvalue weighted by atomic mass is 10.1. The molecule has 482 valence electrons. The van der Waals surface area contributed by atoms with Crippen LogP contribution in [0.15, 0.2) is 133 Å². The molecule has 2 N–H and O–H groups in total. The molecule has 0 unspecified atom stereocenters. The zero-order valence-corrected chi connectivity index (χ0v) is 54.2. The van der Waals surface area contributed by atoms with E-state index in [2.05, 4.69) is 76.7 Å². The third kappa shape index (κ3) is 30.5. The Bertz CT molecular complexity index is 2750. The van der Waals surface area contributed by atoms with Crippen LogP contribution in [0.2, 0.25) is 0 Å². The number of benzene rings is 5. The maximum Gasteiger partial charge on any atom is 0.338 e. The standard InChI is InChI=1S/C21H24N2O3.C16H14O3.C14H18F2N2O2.C6H14F3NO2S.C5H12N2.Br2.H2/c1-22-11-13-23(14-12-22)15-20(24)18-7-9-19(10-8-18)21(25)26-16-17-5-3-2-4-6-17;1-12(17)14-7-9-15(10-8-14)16(18)19-11-13-5-3-2-4-6-13;1-17-6-8-18(9-7-17)10-14(15,16)12-4-2-11(3-5-12)13(19)20;1-11-5-3-10(4-6-12-2)13(7,8)9;1-7-4-2-6-3-5-7;1-2;/h2-10H,11-16H2,1H3;2-10H,11H2,1H3;2-5H,6-10H2,1H3,(H,19,20);3-6H2,1-2H3;6H,2-5H2,1H3;;1H. The summed E-state index contributed by atoms with van der Waals surface area (Å²) in [5.41, 5.74) is 3.88. The number of methoxy groups -OCH3 is 2. The number of ketones is 2. The smallest absolute Gasteiger partial charge is 0.338 e. The van der Waals surface area contributed by atoms with Crippen molar-refractivity contribution < 1.29 is 69.9 Å². The summed E-state index contributed by atoms with van der Waals surface area (Å²) in [5.74, 6) is -4.79. The van der Waals surface area contributed by atoms with Crippen LogP contribution in [0.5, 0.6) is 0 Å². The van der Waals surface area contributed by atoms with Gasteiger partial charge in [-0.05, 0) is 75.6 Å². The summed E-state index contributed by atoms with van der Waals surface area (Å²) in [5, 5.41) is 12.0. The SMILES string of the molecule is BrBr.CC(=O)c1ccc(C(=O)OCc2ccccc2)cc1.CN1CCN(CC(=O)c2ccc(C(=O)OCc3ccccc3)cc2)CC1.CN1CCN(CC(F)(F)c2ccc(C(=O)O)cc2)CC1.CN1CCNCC1.COCCN(CCOC)S(F)(F)F.[HH]. The summed E-state index contributed by atoms with van der Waals surface area (Å²) in [6, 6.07) is 37.0. The molecule has 17 nitrogen and oxygen atoms in total. The number of halogens is 7. The van der Waals surface area contributed by atoms with Crippen LogP contribution in [0.25, 0.3) is 0 Å². The van der Waals surface area contributed by atoms with Gasteiger partial charge in [0.2, 0.25) is 0 Å². The van der Waals surface area contributed by atoms with Gasteiger partial charge in [-0.1, -0.05) is 97.1 Å². The molecule has 0 bridgehead atoms. The van der Waals surface area contributed by atoms with Crippen molar-refractivity contribution in [1.82, 2.24) is 34.1 Å². The molecule has 0 atom stereocenters. The number of carbonyl (C=O) groups is 5. The minimum Gasteiger partial charge on any atom is -0.478 e. The minimum absolute atomic E-state index is 0. The van der Waals surface area contributed by atoms with Gasteiger partial charge in [0.25, 0.3) is 17.3 Å². The highest BCUT2D eigenvalue weighted by molar-refractivity contribution is 9.93. The Balaban J connectivity index is 0.000000388. The first-order valence-corrected chi connectivity index (χ1v) is 33.0. The van der Waals surface area contributed by atoms with Gasteiger partial charge in [-0.3, -0.25) is 19.4 Å². The van der Waals surface area contributed by atoms with Gasteiger partial charge in [-0.25, -0.2) is 14.4 Å². The number of hydrogen-bond donors (Lipinski definition) is 2. The third-order valence-electron chi connectivity index (χ3n) is 13.7.